The minimum atomic E-state index is -1.15. The fourth-order valence-corrected chi connectivity index (χ4v) is 7.79. The van der Waals surface area contributed by atoms with E-state index in [9.17, 15) is 0 Å². The van der Waals surface area contributed by atoms with Gasteiger partial charge in [0.1, 0.15) is 11.5 Å². The van der Waals surface area contributed by atoms with Crippen LogP contribution in [0, 0.1) is 0 Å². The summed E-state index contributed by atoms with van der Waals surface area (Å²) in [5, 5.41) is 4.15. The SMILES string of the molecule is COc1ccc2c(OC)ccc(C(OC)(OC)c3ccc4cc([S+](c5ccccc5)c5ccccc5)ccc4c3)c2c1. The fourth-order valence-electron chi connectivity index (χ4n) is 5.66. The highest BCUT2D eigenvalue weighted by Crippen LogP contribution is 2.43. The lowest BCUT2D eigenvalue weighted by atomic mass is 9.90. The molecule has 0 aliphatic carbocycles. The maximum Gasteiger partial charge on any atom is 0.222 e. The number of benzene rings is 6. The van der Waals surface area contributed by atoms with Crippen LogP contribution in [0.3, 0.4) is 0 Å². The zero-order valence-electron chi connectivity index (χ0n) is 24.2. The minimum Gasteiger partial charge on any atom is -0.497 e. The summed E-state index contributed by atoms with van der Waals surface area (Å²) in [4.78, 5) is 3.85. The monoisotopic (exact) mass is 573 g/mol. The van der Waals surface area contributed by atoms with Crippen LogP contribution >= 0.6 is 0 Å². The van der Waals surface area contributed by atoms with Gasteiger partial charge in [-0.25, -0.2) is 0 Å². The molecule has 0 aromatic heterocycles. The van der Waals surface area contributed by atoms with Gasteiger partial charge in [-0.05, 0) is 89.0 Å². The van der Waals surface area contributed by atoms with Crippen molar-refractivity contribution in [3.8, 4) is 11.5 Å². The van der Waals surface area contributed by atoms with Crippen molar-refractivity contribution in [2.24, 2.45) is 0 Å². The lowest BCUT2D eigenvalue weighted by molar-refractivity contribution is -0.182. The van der Waals surface area contributed by atoms with Crippen LogP contribution in [0.1, 0.15) is 11.1 Å². The number of hydrogen-bond donors (Lipinski definition) is 0. The van der Waals surface area contributed by atoms with Crippen LogP contribution in [-0.2, 0) is 26.2 Å². The van der Waals surface area contributed by atoms with E-state index in [2.05, 4.69) is 97.1 Å². The molecule has 0 saturated carbocycles. The Morgan fingerprint density at radius 3 is 1.76 bits per heavy atom. The van der Waals surface area contributed by atoms with Crippen molar-refractivity contribution >= 4 is 32.4 Å². The van der Waals surface area contributed by atoms with Gasteiger partial charge in [-0.3, -0.25) is 0 Å². The van der Waals surface area contributed by atoms with Gasteiger partial charge in [0.15, 0.2) is 14.7 Å². The maximum absolute atomic E-state index is 6.24. The van der Waals surface area contributed by atoms with Gasteiger partial charge < -0.3 is 18.9 Å². The average molecular weight is 574 g/mol. The second kappa shape index (κ2) is 11.9. The first-order valence-electron chi connectivity index (χ1n) is 13.8. The van der Waals surface area contributed by atoms with Crippen LogP contribution in [-0.4, -0.2) is 28.4 Å². The molecule has 0 radical (unpaired) electrons. The standard InChI is InChI=1S/C37H33O4S/c1-38-29-18-20-33-34(25-29)35(21-22-36(33)39-2)37(40-3,41-4)28-17-15-27-24-32(19-16-26(27)23-28)42(30-11-7-5-8-12-30)31-13-9-6-10-14-31/h5-25H,1-4H3/q+1. The Morgan fingerprint density at radius 2 is 1.14 bits per heavy atom. The van der Waals surface area contributed by atoms with Gasteiger partial charge in [-0.1, -0.05) is 48.5 Å². The number of rotatable bonds is 9. The Morgan fingerprint density at radius 1 is 0.500 bits per heavy atom. The average Bonchev–Trinajstić information content (AvgIpc) is 3.06. The predicted molar refractivity (Wildman–Crippen MR) is 171 cm³/mol. The molecule has 0 N–H and O–H groups in total. The molecule has 0 spiro atoms. The Balaban J connectivity index is 1.48. The van der Waals surface area contributed by atoms with Crippen LogP contribution in [0.2, 0.25) is 0 Å². The summed E-state index contributed by atoms with van der Waals surface area (Å²) in [6, 6.07) is 44.5. The van der Waals surface area contributed by atoms with E-state index in [-0.39, 0.29) is 10.9 Å². The van der Waals surface area contributed by atoms with Crippen molar-refractivity contribution < 1.29 is 18.9 Å². The summed E-state index contributed by atoms with van der Waals surface area (Å²) in [5.41, 5.74) is 1.76. The molecule has 6 aromatic rings. The van der Waals surface area contributed by atoms with Crippen molar-refractivity contribution in [1.29, 1.82) is 0 Å². The second-order valence-electron chi connectivity index (χ2n) is 9.91. The molecule has 42 heavy (non-hydrogen) atoms. The van der Waals surface area contributed by atoms with Crippen molar-refractivity contribution in [3.63, 3.8) is 0 Å². The van der Waals surface area contributed by atoms with Gasteiger partial charge >= 0.3 is 0 Å². The molecule has 210 valence electrons. The van der Waals surface area contributed by atoms with Gasteiger partial charge in [0.05, 0.1) is 25.1 Å². The highest BCUT2D eigenvalue weighted by atomic mass is 32.2. The molecule has 0 amide bonds. The Kier molecular flexibility index (Phi) is 7.90. The summed E-state index contributed by atoms with van der Waals surface area (Å²) < 4.78 is 23.7. The second-order valence-corrected chi connectivity index (χ2v) is 11.9. The molecule has 5 heteroatoms. The van der Waals surface area contributed by atoms with Gasteiger partial charge in [0.2, 0.25) is 5.79 Å². The third kappa shape index (κ3) is 4.90. The molecule has 0 saturated heterocycles. The van der Waals surface area contributed by atoms with E-state index in [1.165, 1.54) is 14.7 Å². The van der Waals surface area contributed by atoms with E-state index in [0.717, 1.165) is 44.2 Å². The summed E-state index contributed by atoms with van der Waals surface area (Å²) in [5.74, 6) is 0.370. The molecule has 6 rings (SSSR count). The van der Waals surface area contributed by atoms with E-state index in [0.29, 0.717) is 0 Å². The van der Waals surface area contributed by atoms with Gasteiger partial charge in [0, 0.05) is 36.8 Å². The molecule has 0 bridgehead atoms. The number of methoxy groups -OCH3 is 4. The van der Waals surface area contributed by atoms with Crippen molar-refractivity contribution in [2.45, 2.75) is 20.5 Å². The fraction of sp³-hybridized carbons (Fsp3) is 0.135. The van der Waals surface area contributed by atoms with Gasteiger partial charge in [0.25, 0.3) is 0 Å². The van der Waals surface area contributed by atoms with Crippen LogP contribution in [0.15, 0.2) is 142 Å². The third-order valence-electron chi connectivity index (χ3n) is 7.72. The summed E-state index contributed by atoms with van der Waals surface area (Å²) in [6.07, 6.45) is 0. The zero-order chi connectivity index (χ0) is 29.1. The topological polar surface area (TPSA) is 36.9 Å². The zero-order valence-corrected chi connectivity index (χ0v) is 25.0. The lowest BCUT2D eigenvalue weighted by Gasteiger charge is -2.33. The van der Waals surface area contributed by atoms with Crippen LogP contribution in [0.25, 0.3) is 21.5 Å². The molecule has 0 aliphatic rings. The van der Waals surface area contributed by atoms with Gasteiger partial charge in [-0.15, -0.1) is 0 Å². The molecule has 0 fully saturated rings. The molecule has 6 aromatic carbocycles. The first-order valence-corrected chi connectivity index (χ1v) is 15.0. The molecular weight excluding hydrogens is 540 g/mol. The van der Waals surface area contributed by atoms with Crippen molar-refractivity contribution in [3.05, 3.63) is 139 Å². The minimum absolute atomic E-state index is 0.221. The van der Waals surface area contributed by atoms with Gasteiger partial charge in [-0.2, -0.15) is 0 Å². The molecule has 0 aliphatic heterocycles. The molecule has 0 atom stereocenters. The molecule has 0 heterocycles. The number of ether oxygens (including phenoxy) is 4. The van der Waals surface area contributed by atoms with E-state index in [1.807, 2.05) is 30.3 Å². The Hall–Kier alpha value is -4.29. The number of fused-ring (bicyclic) bond motifs is 2. The highest BCUT2D eigenvalue weighted by molar-refractivity contribution is 7.97. The highest BCUT2D eigenvalue weighted by Gasteiger charge is 2.37. The number of hydrogen-bond acceptors (Lipinski definition) is 4. The first kappa shape index (κ1) is 27.9. The van der Waals surface area contributed by atoms with E-state index in [4.69, 9.17) is 18.9 Å². The molecule has 4 nitrogen and oxygen atoms in total. The largest absolute Gasteiger partial charge is 0.497 e. The first-order chi connectivity index (χ1) is 20.6. The quantitative estimate of drug-likeness (QED) is 0.128. The normalized spacial score (nSPS) is 11.7. The van der Waals surface area contributed by atoms with E-state index in [1.54, 1.807) is 28.4 Å². The predicted octanol–water partition coefficient (Wildman–Crippen LogP) is 8.60. The van der Waals surface area contributed by atoms with Crippen molar-refractivity contribution in [2.75, 3.05) is 28.4 Å². The van der Waals surface area contributed by atoms with E-state index < -0.39 is 5.79 Å². The van der Waals surface area contributed by atoms with Crippen LogP contribution < -0.4 is 9.47 Å². The van der Waals surface area contributed by atoms with Crippen LogP contribution in [0.5, 0.6) is 11.5 Å². The van der Waals surface area contributed by atoms with Crippen molar-refractivity contribution in [1.82, 2.24) is 0 Å². The lowest BCUT2D eigenvalue weighted by Crippen LogP contribution is -2.32. The van der Waals surface area contributed by atoms with E-state index >= 15 is 0 Å². The maximum atomic E-state index is 6.24. The molecular formula is C37H33O4S+. The summed E-state index contributed by atoms with van der Waals surface area (Å²) in [7, 11) is 6.48. The third-order valence-corrected chi connectivity index (χ3v) is 9.93. The summed E-state index contributed by atoms with van der Waals surface area (Å²) in [6.45, 7) is 0. The Bertz CT molecular complexity index is 1790. The Labute approximate surface area is 249 Å². The summed E-state index contributed by atoms with van der Waals surface area (Å²) >= 11 is 0. The smallest absolute Gasteiger partial charge is 0.222 e. The molecule has 0 unspecified atom stereocenters. The van der Waals surface area contributed by atoms with Crippen LogP contribution in [0.4, 0.5) is 0 Å².